The molecule has 36 heavy (non-hydrogen) atoms. The summed E-state index contributed by atoms with van der Waals surface area (Å²) in [6.45, 7) is 1.71. The molecule has 0 bridgehead atoms. The van der Waals surface area contributed by atoms with Crippen molar-refractivity contribution in [3.63, 3.8) is 0 Å². The summed E-state index contributed by atoms with van der Waals surface area (Å²) in [5.74, 6) is -2.49. The quantitative estimate of drug-likeness (QED) is 0.457. The van der Waals surface area contributed by atoms with Gasteiger partial charge in [-0.25, -0.2) is 22.3 Å². The number of ether oxygens (including phenoxy) is 2. The van der Waals surface area contributed by atoms with Crippen molar-refractivity contribution >= 4 is 27.5 Å². The molecule has 1 unspecified atom stereocenters. The van der Waals surface area contributed by atoms with Gasteiger partial charge in [0.15, 0.2) is 5.70 Å². The number of aryl methyl sites for hydroxylation is 1. The van der Waals surface area contributed by atoms with E-state index < -0.39 is 79.9 Å². The highest BCUT2D eigenvalue weighted by atomic mass is 32.2. The van der Waals surface area contributed by atoms with Crippen LogP contribution in [0.15, 0.2) is 107 Å². The minimum atomic E-state index is -4.99. The first-order valence-corrected chi connectivity index (χ1v) is 12.0. The van der Waals surface area contributed by atoms with Gasteiger partial charge < -0.3 is 9.47 Å². The number of carbonyl (C=O) groups excluding carboxylic acids is 2. The van der Waals surface area contributed by atoms with E-state index in [1.807, 2.05) is 0 Å². The summed E-state index contributed by atoms with van der Waals surface area (Å²) in [4.78, 5) is 26.4. The molecule has 8 heteroatoms. The highest BCUT2D eigenvalue weighted by Gasteiger charge is 2.44. The van der Waals surface area contributed by atoms with E-state index in [0.717, 1.165) is 20.3 Å². The van der Waals surface area contributed by atoms with Gasteiger partial charge in [0.1, 0.15) is 0 Å². The van der Waals surface area contributed by atoms with Crippen LogP contribution in [0.3, 0.4) is 0 Å². The van der Waals surface area contributed by atoms with E-state index in [-0.39, 0.29) is 15.4 Å². The smallest absolute Gasteiger partial charge is 0.356 e. The molecule has 0 aromatic heterocycles. The molecule has 0 saturated carbocycles. The lowest BCUT2D eigenvalue weighted by Gasteiger charge is -2.37. The lowest BCUT2D eigenvalue weighted by molar-refractivity contribution is -0.140. The summed E-state index contributed by atoms with van der Waals surface area (Å²) in [7, 11) is -3.03. The van der Waals surface area contributed by atoms with E-state index in [4.69, 9.17) is 16.3 Å². The minimum absolute atomic E-state index is 0.153. The zero-order valence-electron chi connectivity index (χ0n) is 25.6. The molecule has 1 atom stereocenters. The number of hydrogen-bond acceptors (Lipinski definition) is 6. The van der Waals surface area contributed by atoms with Crippen molar-refractivity contribution in [1.29, 1.82) is 0 Å². The maximum Gasteiger partial charge on any atom is 0.356 e. The van der Waals surface area contributed by atoms with Gasteiger partial charge in [0.2, 0.25) is 0 Å². The van der Waals surface area contributed by atoms with Crippen LogP contribution in [-0.4, -0.2) is 38.9 Å². The van der Waals surface area contributed by atoms with Gasteiger partial charge in [-0.05, 0) is 41.8 Å². The van der Waals surface area contributed by atoms with E-state index >= 15 is 0 Å². The molecule has 0 radical (unpaired) electrons. The van der Waals surface area contributed by atoms with Crippen LogP contribution in [0.5, 0.6) is 0 Å². The van der Waals surface area contributed by atoms with Crippen molar-refractivity contribution in [2.24, 2.45) is 0 Å². The number of benzene rings is 3. The second-order valence-corrected chi connectivity index (χ2v) is 9.39. The van der Waals surface area contributed by atoms with Crippen LogP contribution in [-0.2, 0) is 29.1 Å². The highest BCUT2D eigenvalue weighted by Crippen LogP contribution is 2.43. The van der Waals surface area contributed by atoms with Gasteiger partial charge in [-0.2, -0.15) is 0 Å². The van der Waals surface area contributed by atoms with E-state index in [9.17, 15) is 19.4 Å². The number of carbonyl (C=O) groups is 2. The zero-order chi connectivity index (χ0) is 31.1. The van der Waals surface area contributed by atoms with E-state index in [2.05, 4.69) is 0 Å². The molecular weight excluding hydrogens is 478 g/mol. The van der Waals surface area contributed by atoms with Crippen LogP contribution in [0.2, 0.25) is 0 Å². The third kappa shape index (κ3) is 4.55. The Morgan fingerprint density at radius 2 is 1.53 bits per heavy atom. The predicted octanol–water partition coefficient (Wildman–Crippen LogP) is 4.42. The molecule has 3 aromatic rings. The molecule has 184 valence electrons. The van der Waals surface area contributed by atoms with Crippen LogP contribution in [0.4, 0.5) is 0 Å². The van der Waals surface area contributed by atoms with Gasteiger partial charge in [-0.3, -0.25) is 0 Å². The molecule has 7 nitrogen and oxygen atoms in total. The van der Waals surface area contributed by atoms with Crippen molar-refractivity contribution in [2.45, 2.75) is 17.8 Å². The number of esters is 2. The molecule has 1 heterocycles. The monoisotopic (exact) mass is 509 g/mol. The van der Waals surface area contributed by atoms with Gasteiger partial charge in [-0.1, -0.05) is 78.2 Å². The van der Waals surface area contributed by atoms with Crippen LogP contribution >= 0.6 is 0 Å². The Bertz CT molecular complexity index is 1750. The van der Waals surface area contributed by atoms with Gasteiger partial charge >= 0.3 is 11.9 Å². The molecule has 0 saturated heterocycles. The molecular formula is C28H25NO6S. The average Bonchev–Trinajstić information content (AvgIpc) is 2.98. The molecule has 0 fully saturated rings. The summed E-state index contributed by atoms with van der Waals surface area (Å²) in [6.07, 6.45) is 0.959. The topological polar surface area (TPSA) is 90.0 Å². The van der Waals surface area contributed by atoms with Gasteiger partial charge in [0.05, 0.1) is 38.9 Å². The normalized spacial score (nSPS) is 20.2. The zero-order valence-corrected chi connectivity index (χ0v) is 20.4. The fraction of sp³-hybridized carbons (Fsp3) is 0.143. The summed E-state index contributed by atoms with van der Waals surface area (Å²) < 4.78 is 90.3. The third-order valence-electron chi connectivity index (χ3n) is 5.38. The molecule has 0 aliphatic carbocycles. The fourth-order valence-electron chi connectivity index (χ4n) is 3.67. The van der Waals surface area contributed by atoms with Crippen LogP contribution in [0, 0.1) is 6.92 Å². The molecule has 0 amide bonds. The summed E-state index contributed by atoms with van der Waals surface area (Å²) in [5, 5.41) is 0. The number of rotatable bonds is 6. The molecule has 1 aliphatic rings. The van der Waals surface area contributed by atoms with Gasteiger partial charge in [-0.15, -0.1) is 0 Å². The Labute approximate surface area is 218 Å². The first-order valence-electron chi connectivity index (χ1n) is 13.6. The van der Waals surface area contributed by atoms with E-state index in [1.165, 1.54) is 36.4 Å². The van der Waals surface area contributed by atoms with E-state index in [1.54, 1.807) is 25.1 Å². The second kappa shape index (κ2) is 10.2. The number of methoxy groups -OCH3 is 2. The fourth-order valence-corrected chi connectivity index (χ4v) is 5.17. The van der Waals surface area contributed by atoms with Crippen LogP contribution < -0.4 is 0 Å². The number of nitrogens with zero attached hydrogens (tertiary/aromatic N) is 1. The lowest BCUT2D eigenvalue weighted by Crippen LogP contribution is -2.41. The minimum Gasteiger partial charge on any atom is -0.465 e. The number of sulfonamides is 1. The predicted molar refractivity (Wildman–Crippen MR) is 135 cm³/mol. The standard InChI is InChI=1S/C28H25NO6S/c1-19-14-16-22(17-15-19)36(32,33)29-24(21-12-8-5-9-13-21)18-23(20-10-6-4-7-11-20)25(27(30)34-2)26(29)28(31)35-3/h4-18,24H,1-3H3/i5D,8D,9D,12D,13D,24D. The summed E-state index contributed by atoms with van der Waals surface area (Å²) in [5.41, 5.74) is -1.49. The Morgan fingerprint density at radius 1 is 0.917 bits per heavy atom. The second-order valence-electron chi connectivity index (χ2n) is 7.60. The maximum absolute atomic E-state index is 14.4. The average molecular weight is 510 g/mol. The van der Waals surface area contributed by atoms with E-state index in [0.29, 0.717) is 5.56 Å². The maximum atomic E-state index is 14.4. The largest absolute Gasteiger partial charge is 0.465 e. The van der Waals surface area contributed by atoms with Crippen molar-refractivity contribution in [3.8, 4) is 0 Å². The Kier molecular flexibility index (Phi) is 5.15. The van der Waals surface area contributed by atoms with Crippen molar-refractivity contribution < 1.29 is 35.7 Å². The first kappa shape index (κ1) is 18.1. The van der Waals surface area contributed by atoms with Crippen molar-refractivity contribution in [1.82, 2.24) is 4.31 Å². The molecule has 1 aliphatic heterocycles. The Hall–Kier alpha value is -4.17. The molecule has 0 N–H and O–H groups in total. The lowest BCUT2D eigenvalue weighted by atomic mass is 9.89. The van der Waals surface area contributed by atoms with Crippen LogP contribution in [0.1, 0.15) is 30.9 Å². The Balaban J connectivity index is 2.28. The highest BCUT2D eigenvalue weighted by molar-refractivity contribution is 7.89. The Morgan fingerprint density at radius 3 is 2.11 bits per heavy atom. The summed E-state index contributed by atoms with van der Waals surface area (Å²) >= 11 is 0. The third-order valence-corrected chi connectivity index (χ3v) is 7.11. The van der Waals surface area contributed by atoms with Crippen LogP contribution in [0.25, 0.3) is 5.57 Å². The van der Waals surface area contributed by atoms with Gasteiger partial charge in [0.25, 0.3) is 10.0 Å². The molecule has 0 spiro atoms. The van der Waals surface area contributed by atoms with Gasteiger partial charge in [0, 0.05) is 0 Å². The van der Waals surface area contributed by atoms with Crippen molar-refractivity contribution in [2.75, 3.05) is 14.2 Å². The molecule has 4 rings (SSSR count). The van der Waals surface area contributed by atoms with Crippen molar-refractivity contribution in [3.05, 3.63) is 119 Å². The SMILES string of the molecule is [2H]c1c([2H])c([2H])c(C2([2H])C=C(c3ccccc3)C(C(=O)OC)=C(C(=O)OC)N2S(=O)(=O)c2ccc(C)cc2)c([2H])c1[2H]. The first-order chi connectivity index (χ1) is 19.7. The summed E-state index contributed by atoms with van der Waals surface area (Å²) in [6, 6.07) is 6.17. The number of hydrogen-bond donors (Lipinski definition) is 0. The molecule has 3 aromatic carbocycles.